The molecule has 1 aliphatic heterocycles. The molecular weight excluding hydrogens is 583 g/mol. The summed E-state index contributed by atoms with van der Waals surface area (Å²) in [6.45, 7) is 4.02. The summed E-state index contributed by atoms with van der Waals surface area (Å²) in [4.78, 5) is 29.8. The van der Waals surface area contributed by atoms with Crippen molar-refractivity contribution in [3.8, 4) is 11.4 Å². The molecule has 4 N–H and O–H groups in total. The van der Waals surface area contributed by atoms with E-state index < -0.39 is 13.3 Å². The van der Waals surface area contributed by atoms with Gasteiger partial charge in [-0.3, -0.25) is 19.1 Å². The lowest BCUT2D eigenvalue weighted by atomic mass is 9.80. The van der Waals surface area contributed by atoms with Gasteiger partial charge < -0.3 is 25.4 Å². The Kier molecular flexibility index (Phi) is 9.74. The van der Waals surface area contributed by atoms with Crippen LogP contribution in [0.4, 0.5) is 5.69 Å². The third kappa shape index (κ3) is 7.16. The van der Waals surface area contributed by atoms with Crippen molar-refractivity contribution in [3.63, 3.8) is 0 Å². The number of hydrogen-bond acceptors (Lipinski definition) is 8. The smallest absolute Gasteiger partial charge is 0.488 e. The maximum absolute atomic E-state index is 12.4. The number of aliphatic imine (C=N–C) groups is 1. The van der Waals surface area contributed by atoms with Crippen LogP contribution in [0.3, 0.4) is 0 Å². The van der Waals surface area contributed by atoms with Crippen molar-refractivity contribution in [2.45, 2.75) is 45.7 Å². The first-order valence-electron chi connectivity index (χ1n) is 14.3. The number of carbonyl (C=O) groups excluding carboxylic acids is 2. The number of nitrogens with one attached hydrogen (secondary N) is 2. The van der Waals surface area contributed by atoms with Crippen LogP contribution in [0.1, 0.15) is 61.5 Å². The van der Waals surface area contributed by atoms with Crippen LogP contribution < -0.4 is 20.8 Å². The van der Waals surface area contributed by atoms with Crippen molar-refractivity contribution in [2.24, 2.45) is 4.99 Å². The first kappa shape index (κ1) is 30.9. The van der Waals surface area contributed by atoms with Gasteiger partial charge in [-0.2, -0.15) is 0 Å². The zero-order valence-electron chi connectivity index (χ0n) is 24.3. The Labute approximate surface area is 260 Å². The van der Waals surface area contributed by atoms with E-state index in [1.165, 1.54) is 0 Å². The molecule has 3 aromatic carbocycles. The number of anilines is 1. The van der Waals surface area contributed by atoms with E-state index in [1.54, 1.807) is 43.3 Å². The van der Waals surface area contributed by atoms with Crippen LogP contribution in [0.5, 0.6) is 5.75 Å². The van der Waals surface area contributed by atoms with E-state index in [0.717, 1.165) is 16.8 Å². The minimum absolute atomic E-state index is 0.138. The van der Waals surface area contributed by atoms with Gasteiger partial charge in [0, 0.05) is 34.7 Å². The van der Waals surface area contributed by atoms with Gasteiger partial charge in [0.15, 0.2) is 12.0 Å². The van der Waals surface area contributed by atoms with Gasteiger partial charge >= 0.3 is 7.12 Å². The van der Waals surface area contributed by atoms with Gasteiger partial charge in [0.1, 0.15) is 11.6 Å². The van der Waals surface area contributed by atoms with Crippen molar-refractivity contribution >= 4 is 47.4 Å². The molecule has 13 heteroatoms. The number of amides is 2. The van der Waals surface area contributed by atoms with Gasteiger partial charge in [-0.05, 0) is 67.7 Å². The molecule has 0 spiro atoms. The lowest BCUT2D eigenvalue weighted by Crippen LogP contribution is -2.29. The summed E-state index contributed by atoms with van der Waals surface area (Å²) in [5.41, 5.74) is 3.97. The molecule has 11 nitrogen and oxygen atoms in total. The van der Waals surface area contributed by atoms with Crippen molar-refractivity contribution in [3.05, 3.63) is 94.5 Å². The van der Waals surface area contributed by atoms with E-state index >= 15 is 0 Å². The molecule has 0 saturated carbocycles. The molecule has 0 radical (unpaired) electrons. The van der Waals surface area contributed by atoms with Crippen LogP contribution in [-0.2, 0) is 9.59 Å². The van der Waals surface area contributed by atoms with E-state index in [2.05, 4.69) is 20.8 Å². The average Bonchev–Trinajstić information content (AvgIpc) is 3.34. The molecule has 4 aromatic rings. The third-order valence-electron chi connectivity index (χ3n) is 7.11. The van der Waals surface area contributed by atoms with Gasteiger partial charge in [0.05, 0.1) is 18.0 Å². The largest absolute Gasteiger partial charge is 0.494 e. The molecule has 44 heavy (non-hydrogen) atoms. The van der Waals surface area contributed by atoms with E-state index in [0.29, 0.717) is 71.6 Å². The fraction of sp³-hybridized carbons (Fsp3) is 0.258. The maximum Gasteiger partial charge on any atom is 0.488 e. The fourth-order valence-electron chi connectivity index (χ4n) is 4.83. The van der Waals surface area contributed by atoms with Gasteiger partial charge in [-0.1, -0.05) is 42.8 Å². The van der Waals surface area contributed by atoms with Crippen LogP contribution in [0.25, 0.3) is 5.69 Å². The molecule has 1 aromatic heterocycles. The molecule has 1 aliphatic rings. The summed E-state index contributed by atoms with van der Waals surface area (Å²) >= 11 is 6.18. The monoisotopic (exact) mass is 614 g/mol. The van der Waals surface area contributed by atoms with Gasteiger partial charge in [0.2, 0.25) is 11.8 Å². The number of nitrogens with zero attached hydrogens (tertiary/aromatic N) is 4. The van der Waals surface area contributed by atoms with Crippen LogP contribution >= 0.6 is 11.6 Å². The highest BCUT2D eigenvalue weighted by Crippen LogP contribution is 2.32. The van der Waals surface area contributed by atoms with Crippen molar-refractivity contribution in [1.82, 2.24) is 20.1 Å². The number of unbranched alkanes of at least 4 members (excludes halogenated alkanes) is 1. The zero-order valence-corrected chi connectivity index (χ0v) is 25.1. The molecule has 0 saturated heterocycles. The number of halogens is 1. The zero-order chi connectivity index (χ0) is 31.2. The second-order valence-corrected chi connectivity index (χ2v) is 10.7. The van der Waals surface area contributed by atoms with Crippen molar-refractivity contribution in [1.29, 1.82) is 0 Å². The fourth-order valence-corrected chi connectivity index (χ4v) is 4.95. The normalized spacial score (nSPS) is 13.7. The number of ether oxygens (including phenoxy) is 1. The lowest BCUT2D eigenvalue weighted by Gasteiger charge is -2.15. The minimum atomic E-state index is -1.55. The minimum Gasteiger partial charge on any atom is -0.494 e. The highest BCUT2D eigenvalue weighted by molar-refractivity contribution is 6.58. The van der Waals surface area contributed by atoms with E-state index in [-0.39, 0.29) is 11.8 Å². The predicted molar refractivity (Wildman–Crippen MR) is 169 cm³/mol. The number of fused-ring (bicyclic) bond motifs is 3. The van der Waals surface area contributed by atoms with E-state index in [1.807, 2.05) is 41.8 Å². The number of benzene rings is 3. The molecule has 1 atom stereocenters. The Balaban J connectivity index is 1.31. The second-order valence-electron chi connectivity index (χ2n) is 10.3. The SMILES string of the molecule is CCC(=O)N[C@@H]1N=C(c2ccc(Cl)cc2)c2cc(OCCCCC(=O)Nc3ccc(B(O)O)cc3)ccc2-n2c(C)nnc21. The summed E-state index contributed by atoms with van der Waals surface area (Å²) in [5, 5.41) is 33.4. The van der Waals surface area contributed by atoms with Crippen LogP contribution in [0.15, 0.2) is 71.7 Å². The Morgan fingerprint density at radius 3 is 2.45 bits per heavy atom. The number of rotatable bonds is 11. The molecule has 0 unspecified atom stereocenters. The number of carbonyl (C=O) groups is 2. The predicted octanol–water partition coefficient (Wildman–Crippen LogP) is 3.47. The number of hydrogen-bond donors (Lipinski definition) is 4. The first-order chi connectivity index (χ1) is 21.2. The molecule has 0 bridgehead atoms. The molecule has 0 aliphatic carbocycles. The molecule has 2 amide bonds. The summed E-state index contributed by atoms with van der Waals surface area (Å²) in [7, 11) is -1.55. The van der Waals surface area contributed by atoms with Gasteiger partial charge in [-0.15, -0.1) is 10.2 Å². The number of aromatic nitrogens is 3. The standard InChI is InChI=1S/C31H32BClN6O5/c1-3-27(40)35-30-31-38-37-19(2)39(31)26-16-15-24(18-25(26)29(36-30)20-7-11-22(33)12-8-20)44-17-5-4-6-28(41)34-23-13-9-21(10-14-23)32(42)43/h7-16,18,30,42-43H,3-6,17H2,1-2H3,(H,34,41)(H,35,40)/t30-/m1/s1. The highest BCUT2D eigenvalue weighted by Gasteiger charge is 2.29. The van der Waals surface area contributed by atoms with Crippen LogP contribution in [0.2, 0.25) is 5.02 Å². The summed E-state index contributed by atoms with van der Waals surface area (Å²) in [5.74, 6) is 1.48. The summed E-state index contributed by atoms with van der Waals surface area (Å²) in [6, 6.07) is 19.4. The molecule has 5 rings (SSSR count). The van der Waals surface area contributed by atoms with Crippen LogP contribution in [-0.4, -0.2) is 56.1 Å². The Hall–Kier alpha value is -4.52. The van der Waals surface area contributed by atoms with Crippen molar-refractivity contribution < 1.29 is 24.4 Å². The van der Waals surface area contributed by atoms with Crippen molar-refractivity contribution in [2.75, 3.05) is 11.9 Å². The topological polar surface area (TPSA) is 151 Å². The Bertz CT molecular complexity index is 1670. The van der Waals surface area contributed by atoms with E-state index in [9.17, 15) is 19.6 Å². The molecule has 226 valence electrons. The Morgan fingerprint density at radius 1 is 1.00 bits per heavy atom. The van der Waals surface area contributed by atoms with Gasteiger partial charge in [0.25, 0.3) is 0 Å². The second kappa shape index (κ2) is 13.9. The summed E-state index contributed by atoms with van der Waals surface area (Å²) in [6.07, 6.45) is 1.12. The highest BCUT2D eigenvalue weighted by atomic mass is 35.5. The van der Waals surface area contributed by atoms with Crippen LogP contribution in [0, 0.1) is 6.92 Å². The molecule has 0 fully saturated rings. The average molecular weight is 615 g/mol. The quantitative estimate of drug-likeness (QED) is 0.149. The maximum atomic E-state index is 12.4. The van der Waals surface area contributed by atoms with E-state index in [4.69, 9.17) is 21.3 Å². The lowest BCUT2D eigenvalue weighted by molar-refractivity contribution is -0.121. The van der Waals surface area contributed by atoms with Gasteiger partial charge in [-0.25, -0.2) is 0 Å². The Morgan fingerprint density at radius 2 is 1.75 bits per heavy atom. The summed E-state index contributed by atoms with van der Waals surface area (Å²) < 4.78 is 7.99. The number of aryl methyl sites for hydroxylation is 1. The third-order valence-corrected chi connectivity index (χ3v) is 7.36. The first-order valence-corrected chi connectivity index (χ1v) is 14.7. The molecular formula is C31H32BClN6O5. The molecule has 2 heterocycles.